The van der Waals surface area contributed by atoms with Crippen molar-refractivity contribution in [2.24, 2.45) is 0 Å². The fourth-order valence-corrected chi connectivity index (χ4v) is 4.12. The van der Waals surface area contributed by atoms with Crippen molar-refractivity contribution in [3.8, 4) is 5.75 Å². The molecule has 0 aromatic heterocycles. The van der Waals surface area contributed by atoms with Crippen LogP contribution < -0.4 is 10.1 Å². The molecule has 0 bridgehead atoms. The van der Waals surface area contributed by atoms with Gasteiger partial charge in [0.15, 0.2) is 0 Å². The number of hydrogen-bond donors (Lipinski definition) is 1. The third kappa shape index (κ3) is 8.83. The van der Waals surface area contributed by atoms with Gasteiger partial charge in [-0.2, -0.15) is 0 Å². The molecule has 3 aromatic carbocycles. The predicted molar refractivity (Wildman–Crippen MR) is 148 cm³/mol. The number of rotatable bonds is 13. The van der Waals surface area contributed by atoms with E-state index < -0.39 is 6.04 Å². The van der Waals surface area contributed by atoms with Crippen LogP contribution in [0, 0.1) is 0 Å². The van der Waals surface area contributed by atoms with Gasteiger partial charge in [-0.05, 0) is 55.2 Å². The van der Waals surface area contributed by atoms with Gasteiger partial charge in [0.05, 0.1) is 6.61 Å². The fourth-order valence-electron chi connectivity index (χ4n) is 3.86. The van der Waals surface area contributed by atoms with Crippen molar-refractivity contribution in [3.63, 3.8) is 0 Å². The Hall–Kier alpha value is -3.12. The Morgan fingerprint density at radius 2 is 1.56 bits per heavy atom. The Morgan fingerprint density at radius 1 is 0.917 bits per heavy atom. The maximum absolute atomic E-state index is 13.6. The van der Waals surface area contributed by atoms with Crippen molar-refractivity contribution in [1.29, 1.82) is 0 Å². The van der Waals surface area contributed by atoms with E-state index in [0.717, 1.165) is 27.8 Å². The summed E-state index contributed by atoms with van der Waals surface area (Å²) in [6, 6.07) is 26.7. The minimum atomic E-state index is -0.618. The number of carbonyl (C=O) groups excluding carboxylic acids is 2. The molecule has 3 rings (SSSR count). The molecule has 1 N–H and O–H groups in total. The van der Waals surface area contributed by atoms with E-state index in [1.807, 2.05) is 98.8 Å². The smallest absolute Gasteiger partial charge is 0.243 e. The standard InChI is InChI=1S/C30H35BrN2O3/c1-3-23(2)32-30(35)28(21-24-11-6-4-7-12-24)33(22-25-16-18-26(31)19-17-25)29(34)15-10-20-36-27-13-8-5-9-14-27/h4-9,11-14,16-19,23,28H,3,10,15,20-22H2,1-2H3,(H,32,35)/t23-,28-/m1/s1. The molecule has 0 aliphatic rings. The number of halogens is 1. The molecule has 2 atom stereocenters. The average molecular weight is 552 g/mol. The number of carbonyl (C=O) groups is 2. The van der Waals surface area contributed by atoms with Gasteiger partial charge >= 0.3 is 0 Å². The molecule has 6 heteroatoms. The first-order valence-corrected chi connectivity index (χ1v) is 13.3. The second-order valence-corrected chi connectivity index (χ2v) is 9.85. The van der Waals surface area contributed by atoms with Gasteiger partial charge in [-0.3, -0.25) is 9.59 Å². The van der Waals surface area contributed by atoms with E-state index in [4.69, 9.17) is 4.74 Å². The summed E-state index contributed by atoms with van der Waals surface area (Å²) < 4.78 is 6.75. The molecule has 3 aromatic rings. The molecule has 0 spiro atoms. The number of benzene rings is 3. The number of amides is 2. The summed E-state index contributed by atoms with van der Waals surface area (Å²) in [6.45, 7) is 4.81. The van der Waals surface area contributed by atoms with Crippen molar-refractivity contribution < 1.29 is 14.3 Å². The van der Waals surface area contributed by atoms with E-state index in [9.17, 15) is 9.59 Å². The molecule has 0 aliphatic carbocycles. The van der Waals surface area contributed by atoms with Crippen molar-refractivity contribution in [1.82, 2.24) is 10.2 Å². The van der Waals surface area contributed by atoms with Gasteiger partial charge in [-0.15, -0.1) is 0 Å². The molecule has 0 radical (unpaired) electrons. The lowest BCUT2D eigenvalue weighted by Crippen LogP contribution is -2.52. The Labute approximate surface area is 223 Å². The molecule has 2 amide bonds. The van der Waals surface area contributed by atoms with Gasteiger partial charge in [-0.1, -0.05) is 83.5 Å². The largest absolute Gasteiger partial charge is 0.494 e. The summed E-state index contributed by atoms with van der Waals surface area (Å²) in [5.41, 5.74) is 1.99. The van der Waals surface area contributed by atoms with Crippen LogP contribution >= 0.6 is 15.9 Å². The van der Waals surface area contributed by atoms with Crippen molar-refractivity contribution in [2.75, 3.05) is 6.61 Å². The number of ether oxygens (including phenoxy) is 1. The molecule has 0 aliphatic heterocycles. The third-order valence-corrected chi connectivity index (χ3v) is 6.61. The quantitative estimate of drug-likeness (QED) is 0.259. The van der Waals surface area contributed by atoms with E-state index >= 15 is 0 Å². The van der Waals surface area contributed by atoms with Crippen LogP contribution in [0.2, 0.25) is 0 Å². The minimum Gasteiger partial charge on any atom is -0.494 e. The molecule has 0 saturated carbocycles. The first kappa shape index (κ1) is 27.5. The summed E-state index contributed by atoms with van der Waals surface area (Å²) in [7, 11) is 0. The average Bonchev–Trinajstić information content (AvgIpc) is 2.90. The van der Waals surface area contributed by atoms with Gasteiger partial charge in [0.2, 0.25) is 11.8 Å². The first-order chi connectivity index (χ1) is 17.5. The highest BCUT2D eigenvalue weighted by molar-refractivity contribution is 9.10. The Bertz CT molecular complexity index is 1070. The lowest BCUT2D eigenvalue weighted by Gasteiger charge is -2.32. The Morgan fingerprint density at radius 3 is 2.19 bits per heavy atom. The molecule has 36 heavy (non-hydrogen) atoms. The summed E-state index contributed by atoms with van der Waals surface area (Å²) in [4.78, 5) is 28.8. The fraction of sp³-hybridized carbons (Fsp3) is 0.333. The van der Waals surface area contributed by atoms with E-state index in [1.165, 1.54) is 0 Å². The molecular formula is C30H35BrN2O3. The van der Waals surface area contributed by atoms with E-state index in [0.29, 0.717) is 32.4 Å². The lowest BCUT2D eigenvalue weighted by atomic mass is 10.0. The highest BCUT2D eigenvalue weighted by Gasteiger charge is 2.30. The van der Waals surface area contributed by atoms with Crippen molar-refractivity contribution in [3.05, 3.63) is 101 Å². The van der Waals surface area contributed by atoms with Crippen LogP contribution in [0.5, 0.6) is 5.75 Å². The molecule has 0 heterocycles. The second-order valence-electron chi connectivity index (χ2n) is 8.94. The van der Waals surface area contributed by atoms with E-state index in [1.54, 1.807) is 4.90 Å². The highest BCUT2D eigenvalue weighted by atomic mass is 79.9. The van der Waals surface area contributed by atoms with Crippen LogP contribution in [0.3, 0.4) is 0 Å². The normalized spacial score (nSPS) is 12.4. The van der Waals surface area contributed by atoms with Crippen LogP contribution in [-0.4, -0.2) is 35.4 Å². The molecule has 190 valence electrons. The zero-order valence-corrected chi connectivity index (χ0v) is 22.6. The topological polar surface area (TPSA) is 58.6 Å². The molecule has 0 fully saturated rings. The van der Waals surface area contributed by atoms with Crippen LogP contribution in [0.15, 0.2) is 89.4 Å². The number of para-hydroxylation sites is 1. The maximum atomic E-state index is 13.6. The highest BCUT2D eigenvalue weighted by Crippen LogP contribution is 2.19. The minimum absolute atomic E-state index is 0.0275. The Balaban J connectivity index is 1.80. The first-order valence-electron chi connectivity index (χ1n) is 12.5. The van der Waals surface area contributed by atoms with Crippen LogP contribution in [-0.2, 0) is 22.6 Å². The third-order valence-electron chi connectivity index (χ3n) is 6.09. The van der Waals surface area contributed by atoms with Gasteiger partial charge in [0, 0.05) is 29.9 Å². The van der Waals surface area contributed by atoms with Gasteiger partial charge < -0.3 is 15.0 Å². The molecule has 0 unspecified atom stereocenters. The van der Waals surface area contributed by atoms with Gasteiger partial charge in [0.25, 0.3) is 0 Å². The molecule has 5 nitrogen and oxygen atoms in total. The van der Waals surface area contributed by atoms with Crippen molar-refractivity contribution in [2.45, 2.75) is 58.2 Å². The van der Waals surface area contributed by atoms with E-state index in [2.05, 4.69) is 21.2 Å². The van der Waals surface area contributed by atoms with Crippen molar-refractivity contribution >= 4 is 27.7 Å². The SMILES string of the molecule is CC[C@@H](C)NC(=O)[C@@H](Cc1ccccc1)N(Cc1ccc(Br)cc1)C(=O)CCCOc1ccccc1. The van der Waals surface area contributed by atoms with Crippen LogP contribution in [0.4, 0.5) is 0 Å². The van der Waals surface area contributed by atoms with E-state index in [-0.39, 0.29) is 17.9 Å². The lowest BCUT2D eigenvalue weighted by molar-refractivity contribution is -0.141. The Kier molecular flexibility index (Phi) is 11.0. The second kappa shape index (κ2) is 14.4. The van der Waals surface area contributed by atoms with Gasteiger partial charge in [-0.25, -0.2) is 0 Å². The summed E-state index contributed by atoms with van der Waals surface area (Å²) in [5, 5.41) is 3.10. The summed E-state index contributed by atoms with van der Waals surface area (Å²) in [6.07, 6.45) is 2.13. The summed E-state index contributed by atoms with van der Waals surface area (Å²) >= 11 is 3.47. The number of hydrogen-bond acceptors (Lipinski definition) is 3. The monoisotopic (exact) mass is 550 g/mol. The maximum Gasteiger partial charge on any atom is 0.243 e. The summed E-state index contributed by atoms with van der Waals surface area (Å²) in [5.74, 6) is 0.598. The number of nitrogens with one attached hydrogen (secondary N) is 1. The molecule has 0 saturated heterocycles. The zero-order valence-electron chi connectivity index (χ0n) is 21.0. The zero-order chi connectivity index (χ0) is 25.8. The predicted octanol–water partition coefficient (Wildman–Crippen LogP) is 6.16. The molecular weight excluding hydrogens is 516 g/mol. The number of nitrogens with zero attached hydrogens (tertiary/aromatic N) is 1. The van der Waals surface area contributed by atoms with Crippen LogP contribution in [0.25, 0.3) is 0 Å². The van der Waals surface area contributed by atoms with Gasteiger partial charge in [0.1, 0.15) is 11.8 Å². The van der Waals surface area contributed by atoms with Crippen LogP contribution in [0.1, 0.15) is 44.2 Å².